The Morgan fingerprint density at radius 1 is 1.37 bits per heavy atom. The van der Waals surface area contributed by atoms with Gasteiger partial charge in [-0.25, -0.2) is 0 Å². The van der Waals surface area contributed by atoms with Gasteiger partial charge in [0, 0.05) is 52.6 Å². The van der Waals surface area contributed by atoms with Crippen LogP contribution in [0.5, 0.6) is 5.75 Å². The molecule has 0 amide bonds. The molecule has 0 bridgehead atoms. The molecule has 1 aromatic rings. The predicted molar refractivity (Wildman–Crippen MR) is 88.7 cm³/mol. The minimum absolute atomic E-state index is 0.695. The van der Waals surface area contributed by atoms with Gasteiger partial charge in [-0.2, -0.15) is 23.5 Å². The van der Waals surface area contributed by atoms with E-state index >= 15 is 0 Å². The van der Waals surface area contributed by atoms with Crippen molar-refractivity contribution in [2.45, 2.75) is 18.6 Å². The van der Waals surface area contributed by atoms with Crippen LogP contribution in [0.3, 0.4) is 0 Å². The van der Waals surface area contributed by atoms with E-state index in [1.54, 1.807) is 0 Å². The number of ether oxygens (including phenoxy) is 1. The summed E-state index contributed by atoms with van der Waals surface area (Å²) in [6.07, 6.45) is 1.01. The Bertz CT molecular complexity index is 395. The summed E-state index contributed by atoms with van der Waals surface area (Å²) in [5.74, 6) is 4.64. The summed E-state index contributed by atoms with van der Waals surface area (Å²) in [4.78, 5) is 0. The zero-order chi connectivity index (χ0) is 13.5. The molecule has 1 saturated heterocycles. The van der Waals surface area contributed by atoms with Crippen LogP contribution in [-0.2, 0) is 0 Å². The first-order valence-corrected chi connectivity index (χ1v) is 8.95. The van der Waals surface area contributed by atoms with E-state index in [2.05, 4.69) is 24.0 Å². The zero-order valence-corrected chi connectivity index (χ0v) is 13.0. The lowest BCUT2D eigenvalue weighted by Crippen LogP contribution is -2.23. The van der Waals surface area contributed by atoms with Crippen molar-refractivity contribution in [1.29, 1.82) is 0 Å². The van der Waals surface area contributed by atoms with E-state index in [0.29, 0.717) is 5.25 Å². The first-order chi connectivity index (χ1) is 9.28. The van der Waals surface area contributed by atoms with Crippen LogP contribution >= 0.6 is 23.5 Å². The SMILES string of the molecule is CCCOc1cc(N)cc(NCC2CSCCS2)c1. The van der Waals surface area contributed by atoms with Crippen LogP contribution in [0.4, 0.5) is 11.4 Å². The lowest BCUT2D eigenvalue weighted by atomic mass is 10.2. The number of thioether (sulfide) groups is 2. The third kappa shape index (κ3) is 5.07. The molecule has 0 spiro atoms. The standard InChI is InChI=1S/C14H22N2OS2/c1-2-3-17-13-7-11(15)6-12(8-13)16-9-14-10-18-4-5-19-14/h6-8,14,16H,2-5,9-10,15H2,1H3. The number of nitrogen functional groups attached to an aromatic ring is 1. The molecule has 0 radical (unpaired) electrons. The molecule has 1 aromatic carbocycles. The van der Waals surface area contributed by atoms with E-state index in [-0.39, 0.29) is 0 Å². The van der Waals surface area contributed by atoms with Crippen molar-refractivity contribution >= 4 is 34.9 Å². The van der Waals surface area contributed by atoms with E-state index in [0.717, 1.165) is 36.7 Å². The maximum atomic E-state index is 5.91. The summed E-state index contributed by atoms with van der Waals surface area (Å²) >= 11 is 4.10. The molecule has 2 rings (SSSR count). The summed E-state index contributed by atoms with van der Waals surface area (Å²) in [7, 11) is 0. The smallest absolute Gasteiger partial charge is 0.123 e. The van der Waals surface area contributed by atoms with Crippen LogP contribution in [0.1, 0.15) is 13.3 Å². The monoisotopic (exact) mass is 298 g/mol. The number of anilines is 2. The fourth-order valence-electron chi connectivity index (χ4n) is 1.91. The second kappa shape index (κ2) is 7.80. The first kappa shape index (κ1) is 14.7. The Kier molecular flexibility index (Phi) is 6.04. The molecule has 19 heavy (non-hydrogen) atoms. The fraction of sp³-hybridized carbons (Fsp3) is 0.571. The first-order valence-electron chi connectivity index (χ1n) is 6.74. The topological polar surface area (TPSA) is 47.3 Å². The van der Waals surface area contributed by atoms with Crippen LogP contribution in [0.15, 0.2) is 18.2 Å². The molecule has 1 unspecified atom stereocenters. The Labute approximate surface area is 124 Å². The molecule has 1 aliphatic heterocycles. The highest BCUT2D eigenvalue weighted by molar-refractivity contribution is 8.06. The van der Waals surface area contributed by atoms with Crippen LogP contribution in [-0.4, -0.2) is 35.7 Å². The van der Waals surface area contributed by atoms with Gasteiger partial charge < -0.3 is 15.8 Å². The highest BCUT2D eigenvalue weighted by atomic mass is 32.2. The molecular weight excluding hydrogens is 276 g/mol. The summed E-state index contributed by atoms with van der Waals surface area (Å²) in [5, 5.41) is 4.17. The highest BCUT2D eigenvalue weighted by Gasteiger charge is 2.13. The van der Waals surface area contributed by atoms with Crippen LogP contribution in [0, 0.1) is 0 Å². The Morgan fingerprint density at radius 2 is 2.26 bits per heavy atom. The molecule has 5 heteroatoms. The van der Waals surface area contributed by atoms with Crippen LogP contribution in [0.2, 0.25) is 0 Å². The van der Waals surface area contributed by atoms with Crippen molar-refractivity contribution in [1.82, 2.24) is 0 Å². The molecule has 1 aliphatic rings. The largest absolute Gasteiger partial charge is 0.493 e. The van der Waals surface area contributed by atoms with Gasteiger partial charge in [-0.3, -0.25) is 0 Å². The van der Waals surface area contributed by atoms with Crippen LogP contribution < -0.4 is 15.8 Å². The number of nitrogens with one attached hydrogen (secondary N) is 1. The molecule has 0 saturated carbocycles. The molecular formula is C14H22N2OS2. The van der Waals surface area contributed by atoms with Crippen molar-refractivity contribution in [3.05, 3.63) is 18.2 Å². The molecule has 1 fully saturated rings. The Balaban J connectivity index is 1.89. The average molecular weight is 298 g/mol. The molecule has 0 aromatic heterocycles. The second-order valence-corrected chi connectivity index (χ2v) is 7.15. The molecule has 106 valence electrons. The minimum atomic E-state index is 0.695. The Hall–Kier alpha value is -0.680. The van der Waals surface area contributed by atoms with Gasteiger partial charge in [-0.15, -0.1) is 0 Å². The minimum Gasteiger partial charge on any atom is -0.493 e. The number of hydrogen-bond donors (Lipinski definition) is 2. The third-order valence-electron chi connectivity index (χ3n) is 2.82. The van der Waals surface area contributed by atoms with Crippen molar-refractivity contribution in [3.63, 3.8) is 0 Å². The zero-order valence-electron chi connectivity index (χ0n) is 11.4. The predicted octanol–water partition coefficient (Wildman–Crippen LogP) is 3.32. The normalized spacial score (nSPS) is 19.1. The van der Waals surface area contributed by atoms with Crippen molar-refractivity contribution in [2.75, 3.05) is 41.5 Å². The number of rotatable bonds is 6. The second-order valence-electron chi connectivity index (χ2n) is 4.59. The highest BCUT2D eigenvalue weighted by Crippen LogP contribution is 2.26. The average Bonchev–Trinajstić information content (AvgIpc) is 2.43. The van der Waals surface area contributed by atoms with Crippen molar-refractivity contribution in [2.24, 2.45) is 0 Å². The molecule has 3 N–H and O–H groups in total. The van der Waals surface area contributed by atoms with Gasteiger partial charge >= 0.3 is 0 Å². The molecule has 3 nitrogen and oxygen atoms in total. The lowest BCUT2D eigenvalue weighted by molar-refractivity contribution is 0.318. The van der Waals surface area contributed by atoms with Crippen molar-refractivity contribution in [3.8, 4) is 5.75 Å². The summed E-state index contributed by atoms with van der Waals surface area (Å²) in [6.45, 7) is 3.83. The van der Waals surface area contributed by atoms with Gasteiger partial charge in [0.25, 0.3) is 0 Å². The van der Waals surface area contributed by atoms with Gasteiger partial charge in [0.1, 0.15) is 5.75 Å². The quantitative estimate of drug-likeness (QED) is 0.789. The summed E-state index contributed by atoms with van der Waals surface area (Å²) in [6, 6.07) is 5.89. The molecule has 0 aliphatic carbocycles. The summed E-state index contributed by atoms with van der Waals surface area (Å²) in [5.41, 5.74) is 7.72. The summed E-state index contributed by atoms with van der Waals surface area (Å²) < 4.78 is 5.64. The van der Waals surface area contributed by atoms with E-state index < -0.39 is 0 Å². The fourth-order valence-corrected chi connectivity index (χ4v) is 4.53. The van der Waals surface area contributed by atoms with Gasteiger partial charge in [0.2, 0.25) is 0 Å². The van der Waals surface area contributed by atoms with E-state index in [9.17, 15) is 0 Å². The Morgan fingerprint density at radius 3 is 3.00 bits per heavy atom. The van der Waals surface area contributed by atoms with E-state index in [1.165, 1.54) is 17.3 Å². The molecule has 1 atom stereocenters. The van der Waals surface area contributed by atoms with E-state index in [4.69, 9.17) is 10.5 Å². The number of hydrogen-bond acceptors (Lipinski definition) is 5. The maximum absolute atomic E-state index is 5.91. The third-order valence-corrected chi connectivity index (χ3v) is 5.67. The van der Waals surface area contributed by atoms with Gasteiger partial charge in [-0.1, -0.05) is 6.92 Å². The van der Waals surface area contributed by atoms with Crippen LogP contribution in [0.25, 0.3) is 0 Å². The van der Waals surface area contributed by atoms with E-state index in [1.807, 2.05) is 30.0 Å². The molecule has 1 heterocycles. The lowest BCUT2D eigenvalue weighted by Gasteiger charge is -2.22. The van der Waals surface area contributed by atoms with Gasteiger partial charge in [0.05, 0.1) is 6.61 Å². The van der Waals surface area contributed by atoms with Gasteiger partial charge in [-0.05, 0) is 12.5 Å². The number of nitrogens with two attached hydrogens (primary N) is 1. The number of benzene rings is 1. The van der Waals surface area contributed by atoms with Crippen molar-refractivity contribution < 1.29 is 4.74 Å². The maximum Gasteiger partial charge on any atom is 0.123 e. The van der Waals surface area contributed by atoms with Gasteiger partial charge in [0.15, 0.2) is 0 Å².